The molecule has 2 rings (SSSR count). The lowest BCUT2D eigenvalue weighted by molar-refractivity contribution is -0.0585. The number of benzene rings is 1. The van der Waals surface area contributed by atoms with Crippen LogP contribution in [0.2, 0.25) is 0 Å². The van der Waals surface area contributed by atoms with Crippen LogP contribution in [0, 0.1) is 11.7 Å². The van der Waals surface area contributed by atoms with Gasteiger partial charge in [0.15, 0.2) is 0 Å². The van der Waals surface area contributed by atoms with E-state index in [1.165, 1.54) is 12.1 Å². The highest BCUT2D eigenvalue weighted by atomic mass is 79.9. The van der Waals surface area contributed by atoms with E-state index in [2.05, 4.69) is 15.9 Å². The van der Waals surface area contributed by atoms with E-state index < -0.39 is 5.92 Å². The molecule has 0 N–H and O–H groups in total. The fourth-order valence-electron chi connectivity index (χ4n) is 2.41. The summed E-state index contributed by atoms with van der Waals surface area (Å²) in [6, 6.07) is 4.42. The van der Waals surface area contributed by atoms with Crippen molar-refractivity contribution < 1.29 is 17.9 Å². The molecule has 0 aromatic heterocycles. The molecule has 1 nitrogen and oxygen atoms in total. The molecule has 1 atom stereocenters. The van der Waals surface area contributed by atoms with Crippen LogP contribution < -0.4 is 4.74 Å². The molecule has 0 spiro atoms. The summed E-state index contributed by atoms with van der Waals surface area (Å²) in [5.41, 5.74) is 0.768. The van der Waals surface area contributed by atoms with Gasteiger partial charge in [-0.25, -0.2) is 13.2 Å². The molecule has 0 radical (unpaired) electrons. The molecule has 1 aliphatic rings. The van der Waals surface area contributed by atoms with Crippen LogP contribution in [0.5, 0.6) is 5.75 Å². The third-order valence-corrected chi connectivity index (χ3v) is 3.96. The molecular weight excluding hydrogens is 321 g/mol. The highest BCUT2D eigenvalue weighted by Crippen LogP contribution is 2.36. The van der Waals surface area contributed by atoms with Crippen LogP contribution in [0.4, 0.5) is 13.2 Å². The second-order valence-electron chi connectivity index (χ2n) is 5.06. The van der Waals surface area contributed by atoms with Gasteiger partial charge in [0.05, 0.1) is 6.61 Å². The van der Waals surface area contributed by atoms with E-state index in [1.54, 1.807) is 6.07 Å². The van der Waals surface area contributed by atoms with Gasteiger partial charge in [0.25, 0.3) is 0 Å². The Morgan fingerprint density at radius 2 is 2.11 bits per heavy atom. The molecule has 1 fully saturated rings. The maximum Gasteiger partial charge on any atom is 0.248 e. The molecule has 19 heavy (non-hydrogen) atoms. The van der Waals surface area contributed by atoms with Gasteiger partial charge in [-0.2, -0.15) is 0 Å². The van der Waals surface area contributed by atoms with E-state index in [1.807, 2.05) is 0 Å². The molecule has 1 aromatic carbocycles. The first-order valence-electron chi connectivity index (χ1n) is 6.34. The monoisotopic (exact) mass is 336 g/mol. The summed E-state index contributed by atoms with van der Waals surface area (Å²) in [4.78, 5) is 0. The fraction of sp³-hybridized carbons (Fsp3) is 0.571. The first-order chi connectivity index (χ1) is 8.98. The van der Waals surface area contributed by atoms with E-state index >= 15 is 0 Å². The van der Waals surface area contributed by atoms with E-state index in [-0.39, 0.29) is 31.2 Å². The Morgan fingerprint density at radius 3 is 2.79 bits per heavy atom. The van der Waals surface area contributed by atoms with E-state index in [4.69, 9.17) is 4.74 Å². The highest BCUT2D eigenvalue weighted by molar-refractivity contribution is 9.08. The third kappa shape index (κ3) is 4.41. The molecule has 0 amide bonds. The van der Waals surface area contributed by atoms with E-state index in [0.717, 1.165) is 12.0 Å². The quantitative estimate of drug-likeness (QED) is 0.708. The number of hydrogen-bond donors (Lipinski definition) is 0. The van der Waals surface area contributed by atoms with Crippen molar-refractivity contribution in [2.45, 2.75) is 36.9 Å². The van der Waals surface area contributed by atoms with Crippen molar-refractivity contribution in [2.24, 2.45) is 5.92 Å². The molecule has 106 valence electrons. The maximum atomic E-state index is 13.3. The minimum Gasteiger partial charge on any atom is -0.493 e. The van der Waals surface area contributed by atoms with Crippen LogP contribution in [-0.4, -0.2) is 12.5 Å². The number of alkyl halides is 3. The fourth-order valence-corrected chi connectivity index (χ4v) is 2.74. The Labute approximate surface area is 119 Å². The lowest BCUT2D eigenvalue weighted by atomic mass is 9.87. The van der Waals surface area contributed by atoms with Gasteiger partial charge in [-0.05, 0) is 36.5 Å². The van der Waals surface area contributed by atoms with E-state index in [9.17, 15) is 13.2 Å². The summed E-state index contributed by atoms with van der Waals surface area (Å²) < 4.78 is 45.2. The summed E-state index contributed by atoms with van der Waals surface area (Å²) in [7, 11) is 0. The molecule has 0 heterocycles. The molecule has 5 heteroatoms. The van der Waals surface area contributed by atoms with Crippen molar-refractivity contribution in [3.8, 4) is 5.75 Å². The number of ether oxygens (including phenoxy) is 1. The summed E-state index contributed by atoms with van der Waals surface area (Å²) in [6.07, 6.45) is 1.11. The van der Waals surface area contributed by atoms with Crippen molar-refractivity contribution in [1.82, 2.24) is 0 Å². The molecule has 0 aliphatic heterocycles. The van der Waals surface area contributed by atoms with Crippen LogP contribution >= 0.6 is 15.9 Å². The zero-order chi connectivity index (χ0) is 13.9. The normalized spacial score (nSPS) is 22.2. The van der Waals surface area contributed by atoms with Gasteiger partial charge in [0, 0.05) is 24.2 Å². The van der Waals surface area contributed by atoms with Crippen LogP contribution in [0.3, 0.4) is 0 Å². The predicted octanol–water partition coefficient (Wildman–Crippen LogP) is 4.92. The van der Waals surface area contributed by atoms with Crippen molar-refractivity contribution >= 4 is 15.9 Å². The average Bonchev–Trinajstić information content (AvgIpc) is 2.34. The van der Waals surface area contributed by atoms with Gasteiger partial charge in [-0.1, -0.05) is 15.9 Å². The smallest absolute Gasteiger partial charge is 0.248 e. The van der Waals surface area contributed by atoms with Gasteiger partial charge >= 0.3 is 0 Å². The standard InChI is InChI=1S/C14H16BrF3O/c15-8-11-4-12(16)6-13(5-11)19-9-10-2-1-3-14(17,18)7-10/h4-6,10H,1-3,7-9H2. The van der Waals surface area contributed by atoms with Crippen molar-refractivity contribution in [3.05, 3.63) is 29.6 Å². The summed E-state index contributed by atoms with van der Waals surface area (Å²) in [5.74, 6) is -2.70. The molecular formula is C14H16BrF3O. The number of hydrogen-bond acceptors (Lipinski definition) is 1. The molecule has 1 unspecified atom stereocenters. The van der Waals surface area contributed by atoms with Crippen LogP contribution in [0.1, 0.15) is 31.2 Å². The second kappa shape index (κ2) is 6.16. The minimum absolute atomic E-state index is 0.0306. The first kappa shape index (κ1) is 14.7. The zero-order valence-corrected chi connectivity index (χ0v) is 12.1. The number of halogens is 4. The van der Waals surface area contributed by atoms with Crippen molar-refractivity contribution in [3.63, 3.8) is 0 Å². The van der Waals surface area contributed by atoms with Gasteiger partial charge < -0.3 is 4.74 Å². The second-order valence-corrected chi connectivity index (χ2v) is 5.62. The Hall–Kier alpha value is -0.710. The maximum absolute atomic E-state index is 13.3. The minimum atomic E-state index is -2.57. The lowest BCUT2D eigenvalue weighted by Gasteiger charge is -2.28. The van der Waals surface area contributed by atoms with Gasteiger partial charge in [0.1, 0.15) is 11.6 Å². The van der Waals surface area contributed by atoms with Crippen LogP contribution in [0.25, 0.3) is 0 Å². The SMILES string of the molecule is Fc1cc(CBr)cc(OCC2CCCC(F)(F)C2)c1. The third-order valence-electron chi connectivity index (χ3n) is 3.31. The lowest BCUT2D eigenvalue weighted by Crippen LogP contribution is -2.29. The van der Waals surface area contributed by atoms with E-state index in [0.29, 0.717) is 17.5 Å². The zero-order valence-electron chi connectivity index (χ0n) is 10.5. The average molecular weight is 337 g/mol. The molecule has 1 aliphatic carbocycles. The van der Waals surface area contributed by atoms with Gasteiger partial charge in [-0.15, -0.1) is 0 Å². The highest BCUT2D eigenvalue weighted by Gasteiger charge is 2.36. The summed E-state index contributed by atoms with van der Waals surface area (Å²) in [6.45, 7) is 0.223. The van der Waals surface area contributed by atoms with Crippen LogP contribution in [-0.2, 0) is 5.33 Å². The Bertz CT molecular complexity index is 437. The van der Waals surface area contributed by atoms with Gasteiger partial charge in [-0.3, -0.25) is 0 Å². The summed E-state index contributed by atoms with van der Waals surface area (Å²) >= 11 is 3.25. The number of rotatable bonds is 4. The van der Waals surface area contributed by atoms with Crippen LogP contribution in [0.15, 0.2) is 18.2 Å². The Balaban J connectivity index is 1.93. The largest absolute Gasteiger partial charge is 0.493 e. The topological polar surface area (TPSA) is 9.23 Å². The molecule has 1 saturated carbocycles. The molecule has 1 aromatic rings. The van der Waals surface area contributed by atoms with Crippen molar-refractivity contribution in [2.75, 3.05) is 6.61 Å². The first-order valence-corrected chi connectivity index (χ1v) is 7.47. The Morgan fingerprint density at radius 1 is 1.32 bits per heavy atom. The van der Waals surface area contributed by atoms with Gasteiger partial charge in [0.2, 0.25) is 5.92 Å². The molecule has 0 bridgehead atoms. The molecule has 0 saturated heterocycles. The Kier molecular flexibility index (Phi) is 4.76. The van der Waals surface area contributed by atoms with Crippen molar-refractivity contribution in [1.29, 1.82) is 0 Å². The summed E-state index contributed by atoms with van der Waals surface area (Å²) in [5, 5.41) is 0.530. The predicted molar refractivity (Wildman–Crippen MR) is 71.4 cm³/mol.